The molecule has 0 saturated carbocycles. The Morgan fingerprint density at radius 2 is 1.86 bits per heavy atom. The van der Waals surface area contributed by atoms with Crippen molar-refractivity contribution in [2.75, 3.05) is 6.61 Å². The summed E-state index contributed by atoms with van der Waals surface area (Å²) in [5.41, 5.74) is 0. The average molecular weight is 264 g/mol. The summed E-state index contributed by atoms with van der Waals surface area (Å²) < 4.78 is 19.3. The molecule has 1 unspecified atom stereocenters. The highest BCUT2D eigenvalue weighted by Crippen LogP contribution is 2.57. The summed E-state index contributed by atoms with van der Waals surface area (Å²) >= 11 is 4.02. The van der Waals surface area contributed by atoms with Gasteiger partial charge in [0.05, 0.1) is 6.61 Å². The fourth-order valence-corrected chi connectivity index (χ4v) is 2.92. The fourth-order valence-electron chi connectivity index (χ4n) is 0.562. The highest BCUT2D eigenvalue weighted by atomic mass is 32.5. The van der Waals surface area contributed by atoms with Gasteiger partial charge >= 0.3 is 14.5 Å². The van der Waals surface area contributed by atoms with Crippen molar-refractivity contribution in [3.63, 3.8) is 0 Å². The zero-order chi connectivity index (χ0) is 11.4. The Morgan fingerprint density at radius 3 is 2.21 bits per heavy atom. The maximum Gasteiger partial charge on any atom is 0.479 e. The van der Waals surface area contributed by atoms with Crippen LogP contribution in [0.2, 0.25) is 0 Å². The molecule has 0 aromatic carbocycles. The molecule has 1 atom stereocenters. The lowest BCUT2D eigenvalue weighted by Crippen LogP contribution is -1.99. The standard InChI is InChI=1S/C5H14O6P2S/c1-5(2)3-4-10-12(6,7)11-13(8,9)14/h5H,3-4H2,1-2H3,(H,6,7)(H2,8,9,14). The van der Waals surface area contributed by atoms with Crippen molar-refractivity contribution in [3.8, 4) is 0 Å². The minimum Gasteiger partial charge on any atom is -0.324 e. The van der Waals surface area contributed by atoms with Crippen LogP contribution in [0.5, 0.6) is 0 Å². The van der Waals surface area contributed by atoms with Crippen LogP contribution in [0.1, 0.15) is 20.3 Å². The number of hydrogen-bond donors (Lipinski definition) is 3. The minimum absolute atomic E-state index is 0.000772. The van der Waals surface area contributed by atoms with Crippen LogP contribution in [-0.2, 0) is 25.2 Å². The van der Waals surface area contributed by atoms with Gasteiger partial charge in [-0.25, -0.2) is 8.88 Å². The van der Waals surface area contributed by atoms with Gasteiger partial charge < -0.3 is 14.7 Å². The van der Waals surface area contributed by atoms with E-state index in [1.54, 1.807) is 0 Å². The molecule has 0 aromatic heterocycles. The first-order valence-electron chi connectivity index (χ1n) is 3.86. The molecule has 14 heavy (non-hydrogen) atoms. The van der Waals surface area contributed by atoms with Gasteiger partial charge in [-0.15, -0.1) is 0 Å². The third-order valence-corrected chi connectivity index (χ3v) is 3.94. The highest BCUT2D eigenvalue weighted by Gasteiger charge is 2.28. The van der Waals surface area contributed by atoms with Crippen LogP contribution in [0.25, 0.3) is 0 Å². The van der Waals surface area contributed by atoms with Crippen LogP contribution in [0.15, 0.2) is 0 Å². The summed E-state index contributed by atoms with van der Waals surface area (Å²) in [6, 6.07) is 0. The maximum absolute atomic E-state index is 11.0. The monoisotopic (exact) mass is 264 g/mol. The van der Waals surface area contributed by atoms with Crippen LogP contribution in [0.4, 0.5) is 0 Å². The first-order chi connectivity index (χ1) is 6.12. The second-order valence-electron chi connectivity index (χ2n) is 3.06. The van der Waals surface area contributed by atoms with E-state index in [4.69, 9.17) is 14.7 Å². The van der Waals surface area contributed by atoms with E-state index in [1.807, 2.05) is 13.8 Å². The molecule has 9 heteroatoms. The van der Waals surface area contributed by atoms with E-state index in [-0.39, 0.29) is 6.61 Å². The van der Waals surface area contributed by atoms with Gasteiger partial charge in [0.2, 0.25) is 0 Å². The molecule has 0 bridgehead atoms. The third-order valence-electron chi connectivity index (χ3n) is 1.16. The zero-order valence-electron chi connectivity index (χ0n) is 7.86. The van der Waals surface area contributed by atoms with E-state index in [2.05, 4.69) is 20.6 Å². The van der Waals surface area contributed by atoms with Crippen LogP contribution < -0.4 is 0 Å². The smallest absolute Gasteiger partial charge is 0.324 e. The van der Waals surface area contributed by atoms with E-state index in [9.17, 15) is 4.57 Å². The topological polar surface area (TPSA) is 96.2 Å². The average Bonchev–Trinajstić information content (AvgIpc) is 1.78. The number of phosphoric acid groups is 1. The molecule has 0 aliphatic carbocycles. The van der Waals surface area contributed by atoms with Crippen molar-refractivity contribution >= 4 is 26.3 Å². The van der Waals surface area contributed by atoms with Crippen molar-refractivity contribution in [1.82, 2.24) is 0 Å². The fraction of sp³-hybridized carbons (Fsp3) is 1.00. The second-order valence-corrected chi connectivity index (χ2v) is 7.31. The van der Waals surface area contributed by atoms with Gasteiger partial charge in [0, 0.05) is 0 Å². The van der Waals surface area contributed by atoms with E-state index in [0.29, 0.717) is 12.3 Å². The summed E-state index contributed by atoms with van der Waals surface area (Å²) in [6.07, 6.45) is 0.563. The predicted molar refractivity (Wildman–Crippen MR) is 55.0 cm³/mol. The molecular formula is C5H14O6P2S. The number of hydrogen-bond acceptors (Lipinski definition) is 4. The Kier molecular flexibility index (Phi) is 5.95. The van der Waals surface area contributed by atoms with Gasteiger partial charge in [0.25, 0.3) is 0 Å². The first-order valence-corrected chi connectivity index (χ1v) is 7.99. The Balaban J connectivity index is 3.97. The van der Waals surface area contributed by atoms with Gasteiger partial charge in [-0.3, -0.25) is 4.52 Å². The largest absolute Gasteiger partial charge is 0.479 e. The van der Waals surface area contributed by atoms with Gasteiger partial charge in [-0.05, 0) is 24.1 Å². The molecule has 0 radical (unpaired) electrons. The molecule has 0 heterocycles. The second kappa shape index (κ2) is 5.68. The molecule has 0 aromatic rings. The molecule has 0 aliphatic rings. The highest BCUT2D eigenvalue weighted by molar-refractivity contribution is 8.08. The van der Waals surface area contributed by atoms with Crippen molar-refractivity contribution in [2.45, 2.75) is 20.3 Å². The molecule has 6 nitrogen and oxygen atoms in total. The summed E-state index contributed by atoms with van der Waals surface area (Å²) in [5.74, 6) is 0.307. The summed E-state index contributed by atoms with van der Waals surface area (Å²) in [6.45, 7) is -0.332. The Labute approximate surface area is 87.7 Å². The van der Waals surface area contributed by atoms with Crippen molar-refractivity contribution in [1.29, 1.82) is 0 Å². The predicted octanol–water partition coefficient (Wildman–Crippen LogP) is 1.38. The molecule has 0 amide bonds. The first kappa shape index (κ1) is 14.7. The Bertz CT molecular complexity index is 261. The molecule has 0 aliphatic heterocycles. The molecule has 0 spiro atoms. The van der Waals surface area contributed by atoms with Crippen molar-refractivity contribution in [3.05, 3.63) is 0 Å². The van der Waals surface area contributed by atoms with E-state index >= 15 is 0 Å². The van der Waals surface area contributed by atoms with Crippen LogP contribution in [0, 0.1) is 5.92 Å². The van der Waals surface area contributed by atoms with Crippen molar-refractivity contribution in [2.24, 2.45) is 5.92 Å². The molecule has 0 fully saturated rings. The van der Waals surface area contributed by atoms with Gasteiger partial charge in [-0.2, -0.15) is 0 Å². The van der Waals surface area contributed by atoms with Gasteiger partial charge in [0.15, 0.2) is 0 Å². The normalized spacial score (nSPS) is 17.0. The maximum atomic E-state index is 11.0. The molecule has 86 valence electrons. The van der Waals surface area contributed by atoms with E-state index in [0.717, 1.165) is 0 Å². The SMILES string of the molecule is CC(C)CCOP(=O)(O)OP(O)(O)=S. The third kappa shape index (κ3) is 9.24. The van der Waals surface area contributed by atoms with Gasteiger partial charge in [0.1, 0.15) is 0 Å². The van der Waals surface area contributed by atoms with Gasteiger partial charge in [-0.1, -0.05) is 13.8 Å². The quantitative estimate of drug-likeness (QED) is 0.623. The number of phosphoric ester groups is 1. The van der Waals surface area contributed by atoms with Crippen LogP contribution >= 0.6 is 14.5 Å². The Morgan fingerprint density at radius 1 is 1.36 bits per heavy atom. The lowest BCUT2D eigenvalue weighted by Gasteiger charge is -2.14. The van der Waals surface area contributed by atoms with Crippen LogP contribution in [-0.4, -0.2) is 21.3 Å². The molecule has 0 saturated heterocycles. The summed E-state index contributed by atoms with van der Waals surface area (Å²) in [4.78, 5) is 26.1. The van der Waals surface area contributed by atoms with Crippen molar-refractivity contribution < 1.29 is 28.1 Å². The lowest BCUT2D eigenvalue weighted by atomic mass is 10.2. The molecule has 0 rings (SSSR count). The molecular weight excluding hydrogens is 250 g/mol. The van der Waals surface area contributed by atoms with E-state index in [1.165, 1.54) is 0 Å². The molecule has 3 N–H and O–H groups in total. The number of rotatable bonds is 6. The summed E-state index contributed by atoms with van der Waals surface area (Å²) in [5, 5.41) is 0. The summed E-state index contributed by atoms with van der Waals surface area (Å²) in [7, 11) is -4.43. The zero-order valence-corrected chi connectivity index (χ0v) is 10.5. The minimum atomic E-state index is -4.43. The lowest BCUT2D eigenvalue weighted by molar-refractivity contribution is 0.185. The van der Waals surface area contributed by atoms with Crippen LogP contribution in [0.3, 0.4) is 0 Å². The Hall–Kier alpha value is 0.680. The van der Waals surface area contributed by atoms with E-state index < -0.39 is 14.5 Å².